The second kappa shape index (κ2) is 13.3. The quantitative estimate of drug-likeness (QED) is 0.443. The number of halogens is 1. The summed E-state index contributed by atoms with van der Waals surface area (Å²) in [6.45, 7) is 5.42. The van der Waals surface area contributed by atoms with E-state index in [2.05, 4.69) is 14.5 Å². The fraction of sp³-hybridized carbons (Fsp3) is 0.606. The van der Waals surface area contributed by atoms with E-state index in [4.69, 9.17) is 16.3 Å². The van der Waals surface area contributed by atoms with Gasteiger partial charge >= 0.3 is 0 Å². The van der Waals surface area contributed by atoms with Crippen molar-refractivity contribution in [1.82, 2.24) is 9.62 Å². The molecule has 0 aromatic heterocycles. The number of ether oxygens (including phenoxy) is 1. The number of nitrogens with one attached hydrogen (secondary N) is 1. The van der Waals surface area contributed by atoms with Crippen molar-refractivity contribution in [2.45, 2.75) is 82.8 Å². The Morgan fingerprint density at radius 2 is 1.84 bits per heavy atom. The molecule has 1 amide bonds. The molecular weight excluding hydrogens is 586 g/mol. The number of amides is 1. The molecule has 43 heavy (non-hydrogen) atoms. The second-order valence-electron chi connectivity index (χ2n) is 13.1. The highest BCUT2D eigenvalue weighted by atomic mass is 35.5. The highest BCUT2D eigenvalue weighted by molar-refractivity contribution is 7.90. The van der Waals surface area contributed by atoms with Crippen LogP contribution < -0.4 is 14.4 Å². The third-order valence-corrected chi connectivity index (χ3v) is 12.2. The van der Waals surface area contributed by atoms with Crippen LogP contribution in [-0.2, 0) is 23.1 Å². The molecule has 2 aromatic carbocycles. The standard InChI is InChI=1S/C33H46ClN3O5S/c1-21-15-28(36(3)4)18-31(38)29-12-9-25(29)19-37-14-6-5-7-23-16-27(34)11-8-26(23)20-42-32-13-10-24(17-30(32)37)33(39)35-43(40,41)22(21)2/h8,10-11,13,16-17,21-22,25,28-29,31,38H,5-7,9,12,14-15,18-20H2,1-4H3,(H,35,39)/t21-,22+,25-,28-,29+,31+/m0/s1. The molecule has 2 aliphatic heterocycles. The lowest BCUT2D eigenvalue weighted by Gasteiger charge is -2.44. The summed E-state index contributed by atoms with van der Waals surface area (Å²) in [5, 5.41) is 11.4. The van der Waals surface area contributed by atoms with Gasteiger partial charge in [-0.25, -0.2) is 13.1 Å². The molecule has 2 heterocycles. The number of benzene rings is 2. The number of aliphatic hydroxyl groups is 1. The van der Waals surface area contributed by atoms with Crippen molar-refractivity contribution in [2.75, 3.05) is 32.1 Å². The van der Waals surface area contributed by atoms with Gasteiger partial charge in [-0.3, -0.25) is 4.79 Å². The number of hydrogen-bond donors (Lipinski definition) is 2. The molecule has 2 N–H and O–H groups in total. The molecule has 0 radical (unpaired) electrons. The minimum atomic E-state index is -3.94. The maximum atomic E-state index is 13.4. The average molecular weight is 632 g/mol. The molecule has 10 heteroatoms. The van der Waals surface area contributed by atoms with Gasteiger partial charge in [-0.1, -0.05) is 24.6 Å². The molecule has 236 valence electrons. The summed E-state index contributed by atoms with van der Waals surface area (Å²) < 4.78 is 35.5. The molecule has 5 rings (SSSR count). The summed E-state index contributed by atoms with van der Waals surface area (Å²) in [6.07, 6.45) is 5.52. The number of nitrogens with zero attached hydrogens (tertiary/aromatic N) is 2. The Hall–Kier alpha value is -2.33. The van der Waals surface area contributed by atoms with Crippen LogP contribution in [0.25, 0.3) is 0 Å². The summed E-state index contributed by atoms with van der Waals surface area (Å²) in [7, 11) is 0.0216. The van der Waals surface area contributed by atoms with Gasteiger partial charge in [-0.2, -0.15) is 0 Å². The molecule has 0 saturated heterocycles. The molecule has 1 aliphatic carbocycles. The van der Waals surface area contributed by atoms with Crippen molar-refractivity contribution in [3.8, 4) is 5.75 Å². The van der Waals surface area contributed by atoms with E-state index in [0.717, 1.165) is 56.4 Å². The van der Waals surface area contributed by atoms with Crippen LogP contribution in [0.2, 0.25) is 5.02 Å². The molecule has 0 unspecified atom stereocenters. The molecule has 1 fully saturated rings. The first kappa shape index (κ1) is 32.1. The zero-order chi connectivity index (χ0) is 30.9. The Morgan fingerprint density at radius 1 is 1.05 bits per heavy atom. The predicted molar refractivity (Wildman–Crippen MR) is 171 cm³/mol. The minimum absolute atomic E-state index is 0.0214. The van der Waals surface area contributed by atoms with Crippen LogP contribution in [-0.4, -0.2) is 68.9 Å². The van der Waals surface area contributed by atoms with E-state index < -0.39 is 27.3 Å². The number of carbonyl (C=O) groups excluding carboxylic acids is 1. The molecule has 2 bridgehead atoms. The lowest BCUT2D eigenvalue weighted by molar-refractivity contribution is -0.00518. The molecular formula is C33H46ClN3O5S. The van der Waals surface area contributed by atoms with Gasteiger partial charge in [-0.15, -0.1) is 0 Å². The highest BCUT2D eigenvalue weighted by Crippen LogP contribution is 2.42. The van der Waals surface area contributed by atoms with Crippen LogP contribution >= 0.6 is 11.6 Å². The van der Waals surface area contributed by atoms with Crippen molar-refractivity contribution >= 4 is 33.2 Å². The van der Waals surface area contributed by atoms with Gasteiger partial charge in [0.1, 0.15) is 12.4 Å². The zero-order valence-corrected chi connectivity index (χ0v) is 27.3. The van der Waals surface area contributed by atoms with Gasteiger partial charge in [0.15, 0.2) is 0 Å². The zero-order valence-electron chi connectivity index (χ0n) is 25.8. The lowest BCUT2D eigenvalue weighted by Crippen LogP contribution is -2.47. The number of fused-ring (bicyclic) bond motifs is 3. The van der Waals surface area contributed by atoms with Crippen molar-refractivity contribution in [3.05, 3.63) is 58.1 Å². The first-order valence-corrected chi connectivity index (χ1v) is 17.5. The van der Waals surface area contributed by atoms with Crippen LogP contribution in [0, 0.1) is 17.8 Å². The van der Waals surface area contributed by atoms with Crippen LogP contribution in [0.15, 0.2) is 36.4 Å². The topological polar surface area (TPSA) is 99.2 Å². The Morgan fingerprint density at radius 3 is 2.56 bits per heavy atom. The summed E-state index contributed by atoms with van der Waals surface area (Å²) in [5.41, 5.74) is 3.31. The number of carbonyl (C=O) groups is 1. The summed E-state index contributed by atoms with van der Waals surface area (Å²) in [5.74, 6) is 0.281. The number of aryl methyl sites for hydroxylation is 1. The number of anilines is 1. The monoisotopic (exact) mass is 631 g/mol. The third kappa shape index (κ3) is 7.32. The second-order valence-corrected chi connectivity index (χ2v) is 15.6. The van der Waals surface area contributed by atoms with E-state index in [0.29, 0.717) is 36.1 Å². The smallest absolute Gasteiger partial charge is 0.264 e. The van der Waals surface area contributed by atoms with Crippen molar-refractivity contribution < 1.29 is 23.1 Å². The largest absolute Gasteiger partial charge is 0.487 e. The Bertz CT molecular complexity index is 1420. The van der Waals surface area contributed by atoms with Gasteiger partial charge in [0.2, 0.25) is 10.0 Å². The third-order valence-electron chi connectivity index (χ3n) is 10.1. The van der Waals surface area contributed by atoms with Crippen molar-refractivity contribution in [2.24, 2.45) is 17.8 Å². The fourth-order valence-electron chi connectivity index (χ4n) is 6.87. The molecule has 0 spiro atoms. The Labute approximate surface area is 261 Å². The summed E-state index contributed by atoms with van der Waals surface area (Å²) in [4.78, 5) is 17.8. The maximum Gasteiger partial charge on any atom is 0.264 e. The Balaban J connectivity index is 1.54. The van der Waals surface area contributed by atoms with Gasteiger partial charge in [-0.05, 0) is 125 Å². The summed E-state index contributed by atoms with van der Waals surface area (Å²) >= 11 is 6.32. The van der Waals surface area contributed by atoms with Crippen LogP contribution in [0.3, 0.4) is 0 Å². The van der Waals surface area contributed by atoms with Gasteiger partial charge < -0.3 is 19.6 Å². The Kier molecular flexibility index (Phi) is 9.96. The van der Waals surface area contributed by atoms with Crippen LogP contribution in [0.4, 0.5) is 5.69 Å². The van der Waals surface area contributed by atoms with E-state index in [-0.39, 0.29) is 23.4 Å². The molecule has 1 saturated carbocycles. The van der Waals surface area contributed by atoms with E-state index >= 15 is 0 Å². The fourth-order valence-corrected chi connectivity index (χ4v) is 8.35. The minimum Gasteiger partial charge on any atom is -0.487 e. The van der Waals surface area contributed by atoms with Gasteiger partial charge in [0, 0.05) is 29.7 Å². The van der Waals surface area contributed by atoms with Crippen molar-refractivity contribution in [1.29, 1.82) is 0 Å². The van der Waals surface area contributed by atoms with Crippen LogP contribution in [0.1, 0.15) is 73.9 Å². The van der Waals surface area contributed by atoms with E-state index in [1.807, 2.05) is 39.2 Å². The van der Waals surface area contributed by atoms with Gasteiger partial charge in [0.05, 0.1) is 17.0 Å². The first-order valence-electron chi connectivity index (χ1n) is 15.6. The highest BCUT2D eigenvalue weighted by Gasteiger charge is 2.40. The molecule has 8 nitrogen and oxygen atoms in total. The number of rotatable bonds is 1. The molecule has 3 aliphatic rings. The van der Waals surface area contributed by atoms with E-state index in [9.17, 15) is 18.3 Å². The first-order chi connectivity index (χ1) is 20.4. The predicted octanol–water partition coefficient (Wildman–Crippen LogP) is 5.26. The van der Waals surface area contributed by atoms with E-state index in [1.54, 1.807) is 25.1 Å². The molecule has 6 atom stereocenters. The SMILES string of the molecule is C[C@@H]1[C@@H](C)C[C@H](N(C)C)C[C@@H](O)[C@@H]2CC[C@H]2CN2CCCCc3cc(Cl)ccc3COc3ccc(cc32)C(=O)NS1(=O)=O. The number of sulfonamides is 1. The maximum absolute atomic E-state index is 13.4. The van der Waals surface area contributed by atoms with Crippen molar-refractivity contribution in [3.63, 3.8) is 0 Å². The number of aliphatic hydroxyl groups excluding tert-OH is 1. The number of hydrogen-bond acceptors (Lipinski definition) is 7. The average Bonchev–Trinajstić information content (AvgIpc) is 2.96. The molecule has 2 aromatic rings. The summed E-state index contributed by atoms with van der Waals surface area (Å²) in [6, 6.07) is 11.1. The lowest BCUT2D eigenvalue weighted by atomic mass is 9.69. The van der Waals surface area contributed by atoms with Crippen LogP contribution in [0.5, 0.6) is 5.75 Å². The van der Waals surface area contributed by atoms with E-state index in [1.165, 1.54) is 5.56 Å². The normalized spacial score (nSPS) is 30.1. The van der Waals surface area contributed by atoms with Gasteiger partial charge in [0.25, 0.3) is 5.91 Å².